The Labute approximate surface area is 121 Å². The molecule has 0 saturated heterocycles. The molecule has 2 N–H and O–H groups in total. The maximum absolute atomic E-state index is 12.3. The third-order valence-corrected chi connectivity index (χ3v) is 3.53. The van der Waals surface area contributed by atoms with Gasteiger partial charge in [-0.1, -0.05) is 0 Å². The van der Waals surface area contributed by atoms with Crippen molar-refractivity contribution in [2.45, 2.75) is 24.9 Å². The molecule has 0 bridgehead atoms. The Morgan fingerprint density at radius 2 is 2.24 bits per heavy atom. The Morgan fingerprint density at radius 3 is 2.81 bits per heavy atom. The van der Waals surface area contributed by atoms with E-state index in [9.17, 15) is 14.7 Å². The van der Waals surface area contributed by atoms with Gasteiger partial charge in [-0.25, -0.2) is 4.79 Å². The van der Waals surface area contributed by atoms with E-state index in [1.54, 1.807) is 25.4 Å². The maximum Gasteiger partial charge on any atom is 0.331 e. The Kier molecular flexibility index (Phi) is 3.25. The summed E-state index contributed by atoms with van der Waals surface area (Å²) in [6, 6.07) is 2.76. The predicted octanol–water partition coefficient (Wildman–Crippen LogP) is 1.11. The molecule has 21 heavy (non-hydrogen) atoms. The van der Waals surface area contributed by atoms with E-state index in [1.165, 1.54) is 10.9 Å². The van der Waals surface area contributed by atoms with Crippen LogP contribution in [0.2, 0.25) is 0 Å². The molecule has 0 aliphatic heterocycles. The highest BCUT2D eigenvalue weighted by atomic mass is 16.4. The zero-order valence-electron chi connectivity index (χ0n) is 11.6. The van der Waals surface area contributed by atoms with E-state index in [4.69, 9.17) is 0 Å². The quantitative estimate of drug-likeness (QED) is 0.862. The van der Waals surface area contributed by atoms with E-state index in [0.29, 0.717) is 17.3 Å². The fraction of sp³-hybridized carbons (Fsp3) is 0.357. The summed E-state index contributed by atoms with van der Waals surface area (Å²) in [5, 5.41) is 15.8. The van der Waals surface area contributed by atoms with Crippen molar-refractivity contribution in [2.24, 2.45) is 7.05 Å². The summed E-state index contributed by atoms with van der Waals surface area (Å²) in [6.45, 7) is 0. The highest BCUT2D eigenvalue weighted by molar-refractivity contribution is 5.95. The van der Waals surface area contributed by atoms with Gasteiger partial charge in [-0.2, -0.15) is 5.10 Å². The van der Waals surface area contributed by atoms with Crippen LogP contribution >= 0.6 is 0 Å². The van der Waals surface area contributed by atoms with Crippen molar-refractivity contribution >= 4 is 11.9 Å². The largest absolute Gasteiger partial charge is 0.479 e. The maximum atomic E-state index is 12.3. The molecule has 1 saturated carbocycles. The molecule has 1 aliphatic carbocycles. The molecular formula is C14H16N4O3. The number of nitrogens with zero attached hydrogens (tertiary/aromatic N) is 3. The Bertz CT molecular complexity index is 684. The van der Waals surface area contributed by atoms with Crippen LogP contribution in [-0.2, 0) is 11.8 Å². The van der Waals surface area contributed by atoms with Crippen LogP contribution in [0.25, 0.3) is 0 Å². The lowest BCUT2D eigenvalue weighted by Gasteiger charge is -2.14. The van der Waals surface area contributed by atoms with Crippen LogP contribution in [0.15, 0.2) is 30.7 Å². The first-order valence-corrected chi connectivity index (χ1v) is 6.75. The summed E-state index contributed by atoms with van der Waals surface area (Å²) in [5.41, 5.74) is 0.940. The van der Waals surface area contributed by atoms with E-state index in [0.717, 1.165) is 12.8 Å². The van der Waals surface area contributed by atoms with Gasteiger partial charge < -0.3 is 15.0 Å². The molecule has 0 radical (unpaired) electrons. The molecule has 0 spiro atoms. The van der Waals surface area contributed by atoms with Crippen LogP contribution < -0.4 is 5.32 Å². The van der Waals surface area contributed by atoms with E-state index < -0.39 is 12.0 Å². The van der Waals surface area contributed by atoms with Crippen LogP contribution in [0.5, 0.6) is 0 Å². The van der Waals surface area contributed by atoms with Gasteiger partial charge in [0.25, 0.3) is 5.91 Å². The number of aliphatic carboxylic acids is 1. The van der Waals surface area contributed by atoms with Crippen molar-refractivity contribution in [1.29, 1.82) is 0 Å². The summed E-state index contributed by atoms with van der Waals surface area (Å²) in [5.74, 6) is -1.50. The van der Waals surface area contributed by atoms with E-state index in [1.807, 2.05) is 10.8 Å². The Balaban J connectivity index is 1.81. The van der Waals surface area contributed by atoms with Crippen molar-refractivity contribution in [3.63, 3.8) is 0 Å². The van der Waals surface area contributed by atoms with Crippen molar-refractivity contribution < 1.29 is 14.7 Å². The van der Waals surface area contributed by atoms with Gasteiger partial charge in [-0.15, -0.1) is 0 Å². The number of carbonyl (C=O) groups is 2. The van der Waals surface area contributed by atoms with Gasteiger partial charge in [-0.3, -0.25) is 9.48 Å². The third-order valence-electron chi connectivity index (χ3n) is 3.53. The summed E-state index contributed by atoms with van der Waals surface area (Å²) >= 11 is 0. The molecule has 110 valence electrons. The second-order valence-electron chi connectivity index (χ2n) is 5.22. The normalized spacial score (nSPS) is 15.7. The van der Waals surface area contributed by atoms with E-state index in [-0.39, 0.29) is 5.91 Å². The highest BCUT2D eigenvalue weighted by Crippen LogP contribution is 2.36. The van der Waals surface area contributed by atoms with Crippen LogP contribution in [0.3, 0.4) is 0 Å². The van der Waals surface area contributed by atoms with Gasteiger partial charge in [0, 0.05) is 31.0 Å². The Morgan fingerprint density at radius 1 is 1.48 bits per heavy atom. The van der Waals surface area contributed by atoms with E-state index in [2.05, 4.69) is 10.4 Å². The molecule has 2 aromatic heterocycles. The summed E-state index contributed by atoms with van der Waals surface area (Å²) < 4.78 is 3.40. The molecule has 1 amide bonds. The molecule has 2 heterocycles. The zero-order valence-corrected chi connectivity index (χ0v) is 11.6. The fourth-order valence-electron chi connectivity index (χ4n) is 2.34. The molecule has 7 nitrogen and oxygen atoms in total. The number of carboxylic acid groups (broad SMARTS) is 1. The molecule has 7 heteroatoms. The van der Waals surface area contributed by atoms with Crippen molar-refractivity contribution in [1.82, 2.24) is 19.7 Å². The van der Waals surface area contributed by atoms with Crippen molar-refractivity contribution in [3.8, 4) is 0 Å². The van der Waals surface area contributed by atoms with Crippen molar-refractivity contribution in [3.05, 3.63) is 42.0 Å². The molecule has 1 aliphatic rings. The highest BCUT2D eigenvalue weighted by Gasteiger charge is 2.29. The second-order valence-corrected chi connectivity index (χ2v) is 5.22. The topological polar surface area (TPSA) is 89.2 Å². The summed E-state index contributed by atoms with van der Waals surface area (Å²) in [4.78, 5) is 23.7. The minimum Gasteiger partial charge on any atom is -0.479 e. The standard InChI is InChI=1S/C14H16N4O3/c1-17-8-9(7-15-17)12(14(20)21)16-13(19)11-3-2-6-18(11)10-4-5-10/h2-3,6-8,10,12H,4-5H2,1H3,(H,16,19)(H,20,21). The van der Waals surface area contributed by atoms with Gasteiger partial charge in [0.15, 0.2) is 6.04 Å². The average Bonchev–Trinajstić information content (AvgIpc) is 3.00. The molecule has 1 fully saturated rings. The van der Waals surface area contributed by atoms with Crippen LogP contribution in [-0.4, -0.2) is 31.3 Å². The second kappa shape index (κ2) is 5.08. The van der Waals surface area contributed by atoms with Gasteiger partial charge in [-0.05, 0) is 25.0 Å². The number of nitrogens with one attached hydrogen (secondary N) is 1. The lowest BCUT2D eigenvalue weighted by atomic mass is 10.1. The van der Waals surface area contributed by atoms with Crippen LogP contribution in [0, 0.1) is 0 Å². The average molecular weight is 288 g/mol. The molecular weight excluding hydrogens is 272 g/mol. The molecule has 2 aromatic rings. The number of carbonyl (C=O) groups excluding carboxylic acids is 1. The third kappa shape index (κ3) is 2.67. The first kappa shape index (κ1) is 13.4. The number of hydrogen-bond acceptors (Lipinski definition) is 3. The lowest BCUT2D eigenvalue weighted by Crippen LogP contribution is -2.34. The number of rotatable bonds is 5. The number of hydrogen-bond donors (Lipinski definition) is 2. The minimum absolute atomic E-state index is 0.363. The number of aromatic nitrogens is 3. The molecule has 0 aromatic carbocycles. The monoisotopic (exact) mass is 288 g/mol. The SMILES string of the molecule is Cn1cc(C(NC(=O)c2cccn2C2CC2)C(=O)O)cn1. The van der Waals surface area contributed by atoms with Crippen LogP contribution in [0.4, 0.5) is 0 Å². The van der Waals surface area contributed by atoms with Crippen molar-refractivity contribution in [2.75, 3.05) is 0 Å². The van der Waals surface area contributed by atoms with Gasteiger partial charge in [0.2, 0.25) is 0 Å². The predicted molar refractivity (Wildman–Crippen MR) is 73.8 cm³/mol. The Hall–Kier alpha value is -2.57. The van der Waals surface area contributed by atoms with Gasteiger partial charge in [0.1, 0.15) is 5.69 Å². The van der Waals surface area contributed by atoms with Crippen LogP contribution in [0.1, 0.15) is 41.0 Å². The molecule has 1 atom stereocenters. The van der Waals surface area contributed by atoms with Gasteiger partial charge in [0.05, 0.1) is 6.20 Å². The summed E-state index contributed by atoms with van der Waals surface area (Å²) in [7, 11) is 1.70. The minimum atomic E-state index is -1.11. The first-order valence-electron chi connectivity index (χ1n) is 6.75. The number of amides is 1. The first-order chi connectivity index (χ1) is 10.1. The summed E-state index contributed by atoms with van der Waals surface area (Å²) in [6.07, 6.45) is 6.99. The lowest BCUT2D eigenvalue weighted by molar-refractivity contribution is -0.139. The van der Waals surface area contributed by atoms with E-state index >= 15 is 0 Å². The van der Waals surface area contributed by atoms with Gasteiger partial charge >= 0.3 is 5.97 Å². The fourth-order valence-corrected chi connectivity index (χ4v) is 2.34. The molecule has 1 unspecified atom stereocenters. The molecule has 3 rings (SSSR count). The smallest absolute Gasteiger partial charge is 0.331 e. The number of carboxylic acids is 1. The number of aryl methyl sites for hydroxylation is 1. The zero-order chi connectivity index (χ0) is 15.0.